The van der Waals surface area contributed by atoms with Crippen molar-refractivity contribution in [1.29, 1.82) is 0 Å². The Hall–Kier alpha value is -1.17. The number of nitrogens with zero attached hydrogens (tertiary/aromatic N) is 1. The summed E-state index contributed by atoms with van der Waals surface area (Å²) < 4.78 is 18.5. The maximum Gasteiger partial charge on any atom is 0.343 e. The highest BCUT2D eigenvalue weighted by molar-refractivity contribution is 5.82. The molecule has 0 aromatic carbocycles. The molecule has 0 bridgehead atoms. The van der Waals surface area contributed by atoms with Crippen LogP contribution in [0.5, 0.6) is 0 Å². The molecular weight excluding hydrogens is 229 g/mol. The fourth-order valence-electron chi connectivity index (χ4n) is 1.84. The molecule has 1 fully saturated rings. The van der Waals surface area contributed by atoms with Crippen LogP contribution in [-0.2, 0) is 14.3 Å². The van der Waals surface area contributed by atoms with E-state index >= 15 is 0 Å². The van der Waals surface area contributed by atoms with Gasteiger partial charge in [0.1, 0.15) is 0 Å². The second-order valence-electron chi connectivity index (χ2n) is 4.29. The number of unbranched alkanes of at least 4 members (excludes halogenated alkanes) is 1. The predicted octanol–water partition coefficient (Wildman–Crippen LogP) is 0.828. The lowest BCUT2D eigenvalue weighted by Gasteiger charge is -2.17. The first-order valence-corrected chi connectivity index (χ1v) is 5.68. The topological polar surface area (TPSA) is 66.8 Å². The molecule has 1 amide bonds. The summed E-state index contributed by atoms with van der Waals surface area (Å²) in [6.07, 6.45) is 1.65. The van der Waals surface area contributed by atoms with E-state index in [2.05, 4.69) is 0 Å². The maximum absolute atomic E-state index is 13.7. The van der Waals surface area contributed by atoms with E-state index in [0.29, 0.717) is 19.4 Å². The minimum atomic E-state index is -2.26. The molecule has 98 valence electrons. The predicted molar refractivity (Wildman–Crippen MR) is 58.4 cm³/mol. The van der Waals surface area contributed by atoms with E-state index in [0.717, 1.165) is 6.42 Å². The van der Waals surface area contributed by atoms with Crippen molar-refractivity contribution in [2.24, 2.45) is 0 Å². The Morgan fingerprint density at radius 1 is 1.47 bits per heavy atom. The number of amides is 1. The minimum Gasteiger partial charge on any atom is -0.479 e. The molecule has 6 heteroatoms. The molecule has 0 aromatic rings. The summed E-state index contributed by atoms with van der Waals surface area (Å²) in [7, 11) is 1.59. The number of methoxy groups -OCH3 is 1. The zero-order valence-electron chi connectivity index (χ0n) is 9.95. The fraction of sp³-hybridized carbons (Fsp3) is 0.818. The summed E-state index contributed by atoms with van der Waals surface area (Å²) in [5, 5.41) is 8.69. The highest BCUT2D eigenvalue weighted by Crippen LogP contribution is 2.26. The second kappa shape index (κ2) is 5.95. The summed E-state index contributed by atoms with van der Waals surface area (Å²) in [5.74, 6) is -1.66. The molecule has 0 aliphatic carbocycles. The number of alkyl halides is 1. The van der Waals surface area contributed by atoms with Crippen LogP contribution in [0.2, 0.25) is 0 Å². The summed E-state index contributed by atoms with van der Waals surface area (Å²) in [6, 6.07) is 0. The number of carbonyl (C=O) groups is 2. The summed E-state index contributed by atoms with van der Waals surface area (Å²) >= 11 is 0. The van der Waals surface area contributed by atoms with E-state index in [1.807, 2.05) is 0 Å². The van der Waals surface area contributed by atoms with Crippen molar-refractivity contribution < 1.29 is 23.8 Å². The molecule has 1 aliphatic rings. The normalized spacial score (nSPS) is 24.0. The van der Waals surface area contributed by atoms with Gasteiger partial charge in [0.25, 0.3) is 0 Å². The number of carbonyl (C=O) groups excluding carboxylic acids is 1. The zero-order chi connectivity index (χ0) is 12.9. The van der Waals surface area contributed by atoms with Crippen molar-refractivity contribution in [3.63, 3.8) is 0 Å². The Labute approximate surface area is 99.5 Å². The number of rotatable bonds is 6. The summed E-state index contributed by atoms with van der Waals surface area (Å²) in [5.41, 5.74) is -2.26. The van der Waals surface area contributed by atoms with Gasteiger partial charge in [-0.25, -0.2) is 9.18 Å². The molecule has 1 unspecified atom stereocenters. The number of carboxylic acid groups (broad SMARTS) is 1. The van der Waals surface area contributed by atoms with Crippen molar-refractivity contribution in [3.05, 3.63) is 0 Å². The molecule has 1 rings (SSSR count). The van der Waals surface area contributed by atoms with E-state index in [9.17, 15) is 14.0 Å². The Bertz CT molecular complexity index is 297. The lowest BCUT2D eigenvalue weighted by molar-refractivity contribution is -0.150. The van der Waals surface area contributed by atoms with E-state index in [-0.39, 0.29) is 25.4 Å². The number of ether oxygens (including phenoxy) is 1. The number of halogens is 1. The Balaban J connectivity index is 2.33. The highest BCUT2D eigenvalue weighted by atomic mass is 19.1. The van der Waals surface area contributed by atoms with E-state index in [4.69, 9.17) is 9.84 Å². The summed E-state index contributed by atoms with van der Waals surface area (Å²) in [4.78, 5) is 23.6. The van der Waals surface area contributed by atoms with Crippen LogP contribution < -0.4 is 0 Å². The van der Waals surface area contributed by atoms with Gasteiger partial charge in [0, 0.05) is 33.1 Å². The van der Waals surface area contributed by atoms with Gasteiger partial charge in [0.2, 0.25) is 11.6 Å². The average molecular weight is 247 g/mol. The number of aliphatic carboxylic acids is 1. The Morgan fingerprint density at radius 3 is 2.71 bits per heavy atom. The van der Waals surface area contributed by atoms with Gasteiger partial charge in [0.05, 0.1) is 6.54 Å². The quantitative estimate of drug-likeness (QED) is 0.706. The molecule has 1 saturated heterocycles. The van der Waals surface area contributed by atoms with Crippen LogP contribution in [-0.4, -0.2) is 54.4 Å². The molecular formula is C11H18FNO4. The van der Waals surface area contributed by atoms with Gasteiger partial charge in [-0.3, -0.25) is 4.79 Å². The van der Waals surface area contributed by atoms with Crippen LogP contribution in [0.25, 0.3) is 0 Å². The number of hydrogen-bond acceptors (Lipinski definition) is 3. The molecule has 0 radical (unpaired) electrons. The molecule has 0 saturated carbocycles. The third-order valence-electron chi connectivity index (χ3n) is 2.94. The van der Waals surface area contributed by atoms with Crippen LogP contribution in [0, 0.1) is 0 Å². The van der Waals surface area contributed by atoms with Crippen molar-refractivity contribution >= 4 is 11.9 Å². The fourth-order valence-corrected chi connectivity index (χ4v) is 1.84. The third kappa shape index (κ3) is 3.66. The maximum atomic E-state index is 13.7. The van der Waals surface area contributed by atoms with Gasteiger partial charge in [-0.2, -0.15) is 0 Å². The van der Waals surface area contributed by atoms with Crippen molar-refractivity contribution in [3.8, 4) is 0 Å². The van der Waals surface area contributed by atoms with Gasteiger partial charge >= 0.3 is 5.97 Å². The van der Waals surface area contributed by atoms with E-state index in [1.165, 1.54) is 4.90 Å². The van der Waals surface area contributed by atoms with Crippen molar-refractivity contribution in [2.45, 2.75) is 31.4 Å². The van der Waals surface area contributed by atoms with Crippen LogP contribution in [0.1, 0.15) is 25.7 Å². The highest BCUT2D eigenvalue weighted by Gasteiger charge is 2.46. The molecule has 1 N–H and O–H groups in total. The van der Waals surface area contributed by atoms with Crippen LogP contribution in [0.15, 0.2) is 0 Å². The minimum absolute atomic E-state index is 0.119. The number of likely N-dealkylation sites (tertiary alicyclic amines) is 1. The molecule has 0 aromatic heterocycles. The lowest BCUT2D eigenvalue weighted by Crippen LogP contribution is -2.38. The first-order chi connectivity index (χ1) is 7.99. The largest absolute Gasteiger partial charge is 0.479 e. The first kappa shape index (κ1) is 13.9. The smallest absolute Gasteiger partial charge is 0.343 e. The lowest BCUT2D eigenvalue weighted by atomic mass is 10.1. The van der Waals surface area contributed by atoms with E-state index < -0.39 is 11.6 Å². The van der Waals surface area contributed by atoms with Gasteiger partial charge < -0.3 is 14.7 Å². The zero-order valence-corrected chi connectivity index (χ0v) is 9.95. The van der Waals surface area contributed by atoms with Crippen molar-refractivity contribution in [1.82, 2.24) is 4.90 Å². The standard InChI is InChI=1S/C11H18FNO4/c1-17-7-3-2-4-9(14)13-6-5-11(12,8-13)10(15)16/h2-8H2,1H3,(H,15,16). The molecule has 1 atom stereocenters. The number of carboxylic acids is 1. The van der Waals surface area contributed by atoms with Gasteiger partial charge in [-0.15, -0.1) is 0 Å². The van der Waals surface area contributed by atoms with E-state index in [1.54, 1.807) is 7.11 Å². The first-order valence-electron chi connectivity index (χ1n) is 5.68. The van der Waals surface area contributed by atoms with Crippen LogP contribution >= 0.6 is 0 Å². The SMILES string of the molecule is COCCCCC(=O)N1CCC(F)(C(=O)O)C1. The van der Waals surface area contributed by atoms with Gasteiger partial charge in [0.15, 0.2) is 0 Å². The third-order valence-corrected chi connectivity index (χ3v) is 2.94. The van der Waals surface area contributed by atoms with Crippen LogP contribution in [0.4, 0.5) is 4.39 Å². The van der Waals surface area contributed by atoms with Crippen molar-refractivity contribution in [2.75, 3.05) is 26.8 Å². The Kier molecular flexibility index (Phi) is 4.86. The van der Waals surface area contributed by atoms with Crippen LogP contribution in [0.3, 0.4) is 0 Å². The molecule has 5 nitrogen and oxygen atoms in total. The molecule has 17 heavy (non-hydrogen) atoms. The Morgan fingerprint density at radius 2 is 2.18 bits per heavy atom. The number of hydrogen-bond donors (Lipinski definition) is 1. The average Bonchev–Trinajstić information content (AvgIpc) is 2.69. The molecule has 1 heterocycles. The summed E-state index contributed by atoms with van der Waals surface area (Å²) in [6.45, 7) is 0.451. The van der Waals surface area contributed by atoms with Gasteiger partial charge in [-0.1, -0.05) is 0 Å². The monoisotopic (exact) mass is 247 g/mol. The second-order valence-corrected chi connectivity index (χ2v) is 4.29. The molecule has 1 aliphatic heterocycles. The molecule has 0 spiro atoms. The van der Waals surface area contributed by atoms with Gasteiger partial charge in [-0.05, 0) is 12.8 Å².